The molecule has 1 heterocycles. The van der Waals surface area contributed by atoms with Gasteiger partial charge < -0.3 is 10.6 Å². The van der Waals surface area contributed by atoms with Gasteiger partial charge in [0, 0.05) is 17.8 Å². The van der Waals surface area contributed by atoms with Crippen molar-refractivity contribution in [3.05, 3.63) is 41.7 Å². The Morgan fingerprint density at radius 1 is 0.947 bits per heavy atom. The van der Waals surface area contributed by atoms with E-state index in [1.807, 2.05) is 6.07 Å². The Morgan fingerprint density at radius 2 is 1.63 bits per heavy atom. The van der Waals surface area contributed by atoms with Crippen molar-refractivity contribution < 1.29 is 0 Å². The van der Waals surface area contributed by atoms with Crippen LogP contribution in [0.5, 0.6) is 0 Å². The van der Waals surface area contributed by atoms with Gasteiger partial charge >= 0.3 is 0 Å². The molecule has 1 aliphatic rings. The molecular formula is C15H18N4. The second kappa shape index (κ2) is 4.88. The first-order chi connectivity index (χ1) is 9.19. The number of nitrogens with one attached hydrogen (secondary N) is 2. The monoisotopic (exact) mass is 254 g/mol. The number of benzene rings is 1. The first-order valence-corrected chi connectivity index (χ1v) is 6.63. The largest absolute Gasteiger partial charge is 0.367 e. The van der Waals surface area contributed by atoms with E-state index < -0.39 is 0 Å². The molecule has 0 amide bonds. The van der Waals surface area contributed by atoms with Crippen LogP contribution in [-0.2, 0) is 0 Å². The molecule has 1 aliphatic carbocycles. The molecule has 4 heteroatoms. The van der Waals surface area contributed by atoms with Crippen LogP contribution in [0, 0.1) is 13.8 Å². The third kappa shape index (κ3) is 3.22. The SMILES string of the molecule is Cc1cc(C)cc(Nc2cc(NC3CC3)ncn2)c1. The molecule has 0 atom stereocenters. The molecule has 98 valence electrons. The van der Waals surface area contributed by atoms with Crippen molar-refractivity contribution in [2.24, 2.45) is 0 Å². The molecule has 2 N–H and O–H groups in total. The van der Waals surface area contributed by atoms with Crippen LogP contribution in [0.3, 0.4) is 0 Å². The number of hydrogen-bond acceptors (Lipinski definition) is 4. The van der Waals surface area contributed by atoms with Gasteiger partial charge in [-0.3, -0.25) is 0 Å². The fourth-order valence-corrected chi connectivity index (χ4v) is 2.14. The summed E-state index contributed by atoms with van der Waals surface area (Å²) in [7, 11) is 0. The maximum absolute atomic E-state index is 4.26. The predicted molar refractivity (Wildman–Crippen MR) is 77.9 cm³/mol. The maximum Gasteiger partial charge on any atom is 0.135 e. The summed E-state index contributed by atoms with van der Waals surface area (Å²) < 4.78 is 0. The van der Waals surface area contributed by atoms with Crippen molar-refractivity contribution in [2.45, 2.75) is 32.7 Å². The van der Waals surface area contributed by atoms with E-state index in [0.717, 1.165) is 17.3 Å². The molecule has 1 fully saturated rings. The van der Waals surface area contributed by atoms with Gasteiger partial charge in [0.15, 0.2) is 0 Å². The Balaban J connectivity index is 1.77. The van der Waals surface area contributed by atoms with Crippen molar-refractivity contribution >= 4 is 17.3 Å². The minimum absolute atomic E-state index is 0.601. The van der Waals surface area contributed by atoms with Crippen LogP contribution < -0.4 is 10.6 Å². The van der Waals surface area contributed by atoms with Crippen LogP contribution in [0.15, 0.2) is 30.6 Å². The standard InChI is InChI=1S/C15H18N4/c1-10-5-11(2)7-13(6-10)19-15-8-14(16-9-17-15)18-12-3-4-12/h5-9,12H,3-4H2,1-2H3,(H2,16,17,18,19). The molecule has 1 saturated carbocycles. The van der Waals surface area contributed by atoms with Gasteiger partial charge in [0.1, 0.15) is 18.0 Å². The van der Waals surface area contributed by atoms with Crippen LogP contribution in [0.2, 0.25) is 0 Å². The lowest BCUT2D eigenvalue weighted by Gasteiger charge is -2.09. The fraction of sp³-hybridized carbons (Fsp3) is 0.333. The molecule has 1 aromatic carbocycles. The minimum Gasteiger partial charge on any atom is -0.367 e. The van der Waals surface area contributed by atoms with Crippen molar-refractivity contribution in [3.8, 4) is 0 Å². The van der Waals surface area contributed by atoms with Crippen LogP contribution in [0.1, 0.15) is 24.0 Å². The van der Waals surface area contributed by atoms with Crippen LogP contribution >= 0.6 is 0 Å². The molecule has 0 bridgehead atoms. The fourth-order valence-electron chi connectivity index (χ4n) is 2.14. The number of nitrogens with zero attached hydrogens (tertiary/aromatic N) is 2. The number of hydrogen-bond donors (Lipinski definition) is 2. The summed E-state index contributed by atoms with van der Waals surface area (Å²) in [5.74, 6) is 1.72. The van der Waals surface area contributed by atoms with Gasteiger partial charge in [-0.15, -0.1) is 0 Å². The average Bonchev–Trinajstić information content (AvgIpc) is 3.12. The Bertz CT molecular complexity index is 570. The first-order valence-electron chi connectivity index (χ1n) is 6.63. The van der Waals surface area contributed by atoms with Gasteiger partial charge in [-0.25, -0.2) is 9.97 Å². The molecule has 0 radical (unpaired) electrons. The zero-order valence-electron chi connectivity index (χ0n) is 11.3. The summed E-state index contributed by atoms with van der Waals surface area (Å²) in [4.78, 5) is 8.49. The third-order valence-corrected chi connectivity index (χ3v) is 3.09. The summed E-state index contributed by atoms with van der Waals surface area (Å²) in [6, 6.07) is 8.94. The lowest BCUT2D eigenvalue weighted by Crippen LogP contribution is -2.04. The maximum atomic E-state index is 4.26. The summed E-state index contributed by atoms with van der Waals surface area (Å²) in [6.45, 7) is 4.19. The van der Waals surface area contributed by atoms with Crippen molar-refractivity contribution in [2.75, 3.05) is 10.6 Å². The van der Waals surface area contributed by atoms with Crippen molar-refractivity contribution in [3.63, 3.8) is 0 Å². The molecule has 1 aromatic heterocycles. The zero-order chi connectivity index (χ0) is 13.2. The van der Waals surface area contributed by atoms with Crippen molar-refractivity contribution in [1.29, 1.82) is 0 Å². The Morgan fingerprint density at radius 3 is 2.32 bits per heavy atom. The smallest absolute Gasteiger partial charge is 0.135 e. The minimum atomic E-state index is 0.601. The van der Waals surface area contributed by atoms with E-state index in [-0.39, 0.29) is 0 Å². The molecule has 4 nitrogen and oxygen atoms in total. The number of aryl methyl sites for hydroxylation is 2. The highest BCUT2D eigenvalue weighted by atomic mass is 15.1. The molecule has 3 rings (SSSR count). The van der Waals surface area contributed by atoms with E-state index in [1.54, 1.807) is 6.33 Å². The van der Waals surface area contributed by atoms with Crippen LogP contribution in [0.25, 0.3) is 0 Å². The number of anilines is 3. The quantitative estimate of drug-likeness (QED) is 0.877. The van der Waals surface area contributed by atoms with Crippen molar-refractivity contribution in [1.82, 2.24) is 9.97 Å². The van der Waals surface area contributed by atoms with Gasteiger partial charge in [0.05, 0.1) is 0 Å². The normalized spacial score (nSPS) is 14.2. The second-order valence-corrected chi connectivity index (χ2v) is 5.21. The summed E-state index contributed by atoms with van der Waals surface area (Å²) in [5, 5.41) is 6.70. The summed E-state index contributed by atoms with van der Waals surface area (Å²) in [6.07, 6.45) is 4.07. The number of rotatable bonds is 4. The highest BCUT2D eigenvalue weighted by molar-refractivity contribution is 5.60. The van der Waals surface area contributed by atoms with E-state index in [2.05, 4.69) is 52.6 Å². The Kier molecular flexibility index (Phi) is 3.07. The van der Waals surface area contributed by atoms with Crippen LogP contribution in [0.4, 0.5) is 17.3 Å². The van der Waals surface area contributed by atoms with Gasteiger partial charge in [0.25, 0.3) is 0 Å². The first kappa shape index (κ1) is 12.0. The highest BCUT2D eigenvalue weighted by Crippen LogP contribution is 2.25. The predicted octanol–water partition coefficient (Wildman–Crippen LogP) is 3.41. The molecule has 0 aliphatic heterocycles. The van der Waals surface area contributed by atoms with Crippen LogP contribution in [-0.4, -0.2) is 16.0 Å². The van der Waals surface area contributed by atoms with Gasteiger partial charge in [-0.1, -0.05) is 6.07 Å². The van der Waals surface area contributed by atoms with Gasteiger partial charge in [-0.2, -0.15) is 0 Å². The van der Waals surface area contributed by atoms with Gasteiger partial charge in [-0.05, 0) is 49.9 Å². The van der Waals surface area contributed by atoms with E-state index >= 15 is 0 Å². The van der Waals surface area contributed by atoms with E-state index in [4.69, 9.17) is 0 Å². The molecule has 0 saturated heterocycles. The molecule has 19 heavy (non-hydrogen) atoms. The topological polar surface area (TPSA) is 49.8 Å². The van der Waals surface area contributed by atoms with E-state index in [9.17, 15) is 0 Å². The lowest BCUT2D eigenvalue weighted by molar-refractivity contribution is 1.08. The molecular weight excluding hydrogens is 236 g/mol. The second-order valence-electron chi connectivity index (χ2n) is 5.21. The van der Waals surface area contributed by atoms with E-state index in [0.29, 0.717) is 6.04 Å². The zero-order valence-corrected chi connectivity index (χ0v) is 11.3. The molecule has 0 unspecified atom stereocenters. The Labute approximate surface area is 113 Å². The average molecular weight is 254 g/mol. The molecule has 0 spiro atoms. The third-order valence-electron chi connectivity index (χ3n) is 3.09. The summed E-state index contributed by atoms with van der Waals surface area (Å²) >= 11 is 0. The van der Waals surface area contributed by atoms with E-state index in [1.165, 1.54) is 24.0 Å². The highest BCUT2D eigenvalue weighted by Gasteiger charge is 2.21. The lowest BCUT2D eigenvalue weighted by atomic mass is 10.1. The summed E-state index contributed by atoms with van der Waals surface area (Å²) in [5.41, 5.74) is 3.55. The Hall–Kier alpha value is -2.10. The number of aromatic nitrogens is 2. The molecule has 2 aromatic rings. The van der Waals surface area contributed by atoms with Gasteiger partial charge in [0.2, 0.25) is 0 Å².